The minimum atomic E-state index is -0.159. The number of carbonyl (C=O) groups excluding carboxylic acids is 1. The Balaban J connectivity index is 1.47. The Bertz CT molecular complexity index is 714. The molecule has 2 N–H and O–H groups in total. The number of nitrogens with one attached hydrogen (secondary N) is 2. The van der Waals surface area contributed by atoms with E-state index in [0.29, 0.717) is 6.54 Å². The number of urea groups is 1. The Hall–Kier alpha value is -1.70. The van der Waals surface area contributed by atoms with Crippen LogP contribution in [0.25, 0.3) is 0 Å². The van der Waals surface area contributed by atoms with Crippen molar-refractivity contribution in [3.63, 3.8) is 0 Å². The fourth-order valence-corrected chi connectivity index (χ4v) is 4.90. The summed E-state index contributed by atoms with van der Waals surface area (Å²) in [5.74, 6) is 1.89. The van der Waals surface area contributed by atoms with Crippen LogP contribution >= 0.6 is 23.1 Å². The summed E-state index contributed by atoms with van der Waals surface area (Å²) >= 11 is 3.60. The third kappa shape index (κ3) is 6.16. The van der Waals surface area contributed by atoms with E-state index < -0.39 is 0 Å². The van der Waals surface area contributed by atoms with Crippen molar-refractivity contribution in [2.75, 3.05) is 35.6 Å². The summed E-state index contributed by atoms with van der Waals surface area (Å²) in [4.78, 5) is 15.9. The summed E-state index contributed by atoms with van der Waals surface area (Å²) in [6, 6.07) is 12.0. The minimum absolute atomic E-state index is 0.159. The second-order valence-electron chi connectivity index (χ2n) is 6.69. The van der Waals surface area contributed by atoms with Gasteiger partial charge in [0.15, 0.2) is 0 Å². The van der Waals surface area contributed by atoms with Crippen LogP contribution in [0.15, 0.2) is 41.8 Å². The number of amides is 2. The molecule has 0 aliphatic carbocycles. The van der Waals surface area contributed by atoms with Gasteiger partial charge in [0.2, 0.25) is 0 Å². The van der Waals surface area contributed by atoms with Gasteiger partial charge in [-0.2, -0.15) is 11.8 Å². The zero-order chi connectivity index (χ0) is 19.1. The molecule has 1 aromatic carbocycles. The molecule has 146 valence electrons. The molecule has 1 aromatic heterocycles. The van der Waals surface area contributed by atoms with Gasteiger partial charge in [-0.1, -0.05) is 18.2 Å². The van der Waals surface area contributed by atoms with Gasteiger partial charge < -0.3 is 20.3 Å². The first-order valence-corrected chi connectivity index (χ1v) is 11.3. The van der Waals surface area contributed by atoms with E-state index in [2.05, 4.69) is 53.0 Å². The molecule has 0 unspecified atom stereocenters. The lowest BCUT2D eigenvalue weighted by Crippen LogP contribution is -2.45. The van der Waals surface area contributed by atoms with E-state index in [1.165, 1.54) is 4.88 Å². The van der Waals surface area contributed by atoms with Crippen LogP contribution in [0.2, 0.25) is 0 Å². The summed E-state index contributed by atoms with van der Waals surface area (Å²) in [7, 11) is 0. The van der Waals surface area contributed by atoms with E-state index in [4.69, 9.17) is 4.74 Å². The normalized spacial score (nSPS) is 19.7. The summed E-state index contributed by atoms with van der Waals surface area (Å²) in [6.45, 7) is 6.46. The number of rotatable bonds is 7. The predicted molar refractivity (Wildman–Crippen MR) is 116 cm³/mol. The Morgan fingerprint density at radius 3 is 2.74 bits per heavy atom. The SMILES string of the molecule is C[C@@H]1CN(c2ccccc2NC(=O)NCCSCc2cccs2)C[C@H](C)O1. The Kier molecular flexibility index (Phi) is 7.43. The van der Waals surface area contributed by atoms with Crippen LogP contribution in [-0.2, 0) is 10.5 Å². The zero-order valence-electron chi connectivity index (χ0n) is 15.8. The number of hydrogen-bond donors (Lipinski definition) is 2. The Morgan fingerprint density at radius 1 is 1.22 bits per heavy atom. The van der Waals surface area contributed by atoms with Gasteiger partial charge in [0.1, 0.15) is 0 Å². The largest absolute Gasteiger partial charge is 0.372 e. The van der Waals surface area contributed by atoms with E-state index in [9.17, 15) is 4.79 Å². The first kappa shape index (κ1) is 20.0. The molecule has 7 heteroatoms. The average Bonchev–Trinajstić information content (AvgIpc) is 3.14. The van der Waals surface area contributed by atoms with Gasteiger partial charge in [-0.25, -0.2) is 4.79 Å². The van der Waals surface area contributed by atoms with Crippen LogP contribution < -0.4 is 15.5 Å². The molecule has 0 saturated carbocycles. The van der Waals surface area contributed by atoms with E-state index in [1.807, 2.05) is 30.0 Å². The van der Waals surface area contributed by atoms with Gasteiger partial charge in [-0.15, -0.1) is 11.3 Å². The number of morpholine rings is 1. The van der Waals surface area contributed by atoms with Crippen molar-refractivity contribution in [3.05, 3.63) is 46.7 Å². The van der Waals surface area contributed by atoms with E-state index >= 15 is 0 Å². The number of para-hydroxylation sites is 2. The first-order chi connectivity index (χ1) is 13.1. The molecule has 0 bridgehead atoms. The molecular weight excluding hydrogens is 378 g/mol. The molecule has 2 aromatic rings. The molecule has 2 atom stereocenters. The quantitative estimate of drug-likeness (QED) is 0.670. The maximum absolute atomic E-state index is 12.3. The highest BCUT2D eigenvalue weighted by Crippen LogP contribution is 2.28. The van der Waals surface area contributed by atoms with Crippen molar-refractivity contribution >= 4 is 40.5 Å². The van der Waals surface area contributed by atoms with Crippen molar-refractivity contribution in [2.24, 2.45) is 0 Å². The summed E-state index contributed by atoms with van der Waals surface area (Å²) < 4.78 is 5.82. The number of anilines is 2. The van der Waals surface area contributed by atoms with E-state index in [1.54, 1.807) is 11.3 Å². The first-order valence-electron chi connectivity index (χ1n) is 9.26. The number of hydrogen-bond acceptors (Lipinski definition) is 5. The summed E-state index contributed by atoms with van der Waals surface area (Å²) in [5.41, 5.74) is 1.88. The van der Waals surface area contributed by atoms with E-state index in [0.717, 1.165) is 36.0 Å². The van der Waals surface area contributed by atoms with Gasteiger partial charge in [-0.3, -0.25) is 0 Å². The van der Waals surface area contributed by atoms with Gasteiger partial charge in [0.25, 0.3) is 0 Å². The van der Waals surface area contributed by atoms with Gasteiger partial charge in [0.05, 0.1) is 23.6 Å². The van der Waals surface area contributed by atoms with Crippen LogP contribution in [0.1, 0.15) is 18.7 Å². The zero-order valence-corrected chi connectivity index (χ0v) is 17.4. The van der Waals surface area contributed by atoms with Crippen LogP contribution in [0.5, 0.6) is 0 Å². The van der Waals surface area contributed by atoms with Gasteiger partial charge >= 0.3 is 6.03 Å². The highest BCUT2D eigenvalue weighted by molar-refractivity contribution is 7.98. The second-order valence-corrected chi connectivity index (χ2v) is 8.83. The summed E-state index contributed by atoms with van der Waals surface area (Å²) in [5, 5.41) is 8.04. The van der Waals surface area contributed by atoms with Crippen LogP contribution in [0, 0.1) is 0 Å². The number of ether oxygens (including phenoxy) is 1. The molecule has 0 spiro atoms. The molecule has 27 heavy (non-hydrogen) atoms. The van der Waals surface area contributed by atoms with Crippen molar-refractivity contribution in [1.29, 1.82) is 0 Å². The highest BCUT2D eigenvalue weighted by Gasteiger charge is 2.24. The molecule has 1 aliphatic heterocycles. The number of thiophene rings is 1. The fourth-order valence-electron chi connectivity index (χ4n) is 3.20. The van der Waals surface area contributed by atoms with Crippen LogP contribution in [-0.4, -0.2) is 43.6 Å². The number of nitrogens with zero attached hydrogens (tertiary/aromatic N) is 1. The standard InChI is InChI=1S/C20H27N3O2S2/c1-15-12-23(13-16(2)25-15)19-8-4-3-7-18(19)22-20(24)21-9-11-26-14-17-6-5-10-27-17/h3-8,10,15-16H,9,11-14H2,1-2H3,(H2,21,22,24)/t15-,16+. The van der Waals surface area contributed by atoms with Crippen LogP contribution in [0.3, 0.4) is 0 Å². The maximum Gasteiger partial charge on any atom is 0.319 e. The third-order valence-electron chi connectivity index (χ3n) is 4.27. The van der Waals surface area contributed by atoms with E-state index in [-0.39, 0.29) is 18.2 Å². The Labute approximate surface area is 169 Å². The molecule has 1 aliphatic rings. The van der Waals surface area contributed by atoms with Crippen molar-refractivity contribution in [1.82, 2.24) is 5.32 Å². The lowest BCUT2D eigenvalue weighted by molar-refractivity contribution is -0.00517. The van der Waals surface area contributed by atoms with Crippen molar-refractivity contribution in [2.45, 2.75) is 31.8 Å². The number of benzene rings is 1. The van der Waals surface area contributed by atoms with Crippen molar-refractivity contribution < 1.29 is 9.53 Å². The highest BCUT2D eigenvalue weighted by atomic mass is 32.2. The molecule has 1 fully saturated rings. The smallest absolute Gasteiger partial charge is 0.319 e. The molecule has 2 heterocycles. The minimum Gasteiger partial charge on any atom is -0.372 e. The molecule has 0 radical (unpaired) electrons. The summed E-state index contributed by atoms with van der Waals surface area (Å²) in [6.07, 6.45) is 0.354. The van der Waals surface area contributed by atoms with Gasteiger partial charge in [-0.05, 0) is 37.4 Å². The average molecular weight is 406 g/mol. The lowest BCUT2D eigenvalue weighted by atomic mass is 10.1. The molecule has 1 saturated heterocycles. The third-order valence-corrected chi connectivity index (χ3v) is 6.34. The van der Waals surface area contributed by atoms with Gasteiger partial charge in [0, 0.05) is 36.0 Å². The maximum atomic E-state index is 12.3. The predicted octanol–water partition coefficient (Wildman–Crippen LogP) is 4.42. The molecular formula is C20H27N3O2S2. The second kappa shape index (κ2) is 10.0. The Morgan fingerprint density at radius 2 is 2.00 bits per heavy atom. The van der Waals surface area contributed by atoms with Crippen LogP contribution in [0.4, 0.5) is 16.2 Å². The molecule has 3 rings (SSSR count). The lowest BCUT2D eigenvalue weighted by Gasteiger charge is -2.37. The molecule has 5 nitrogen and oxygen atoms in total. The molecule has 2 amide bonds. The topological polar surface area (TPSA) is 53.6 Å². The van der Waals surface area contributed by atoms with Crippen molar-refractivity contribution in [3.8, 4) is 0 Å². The fraction of sp³-hybridized carbons (Fsp3) is 0.450. The number of thioether (sulfide) groups is 1. The monoisotopic (exact) mass is 405 g/mol. The number of carbonyl (C=O) groups is 1.